The van der Waals surface area contributed by atoms with Crippen LogP contribution in [0.5, 0.6) is 0 Å². The number of amides is 1. The fourth-order valence-electron chi connectivity index (χ4n) is 1.99. The van der Waals surface area contributed by atoms with Crippen molar-refractivity contribution in [1.29, 1.82) is 0 Å². The normalized spacial score (nSPS) is 10.2. The lowest BCUT2D eigenvalue weighted by Gasteiger charge is -2.07. The molecule has 1 N–H and O–H groups in total. The van der Waals surface area contributed by atoms with Crippen LogP contribution >= 0.6 is 0 Å². The molecule has 0 fully saturated rings. The van der Waals surface area contributed by atoms with E-state index in [0.29, 0.717) is 6.54 Å². The van der Waals surface area contributed by atoms with Gasteiger partial charge in [-0.15, -0.1) is 0 Å². The van der Waals surface area contributed by atoms with E-state index in [1.165, 1.54) is 26.2 Å². The molecular formula is C18H31NO6. The van der Waals surface area contributed by atoms with Crippen molar-refractivity contribution in [3.05, 3.63) is 0 Å². The highest BCUT2D eigenvalue weighted by molar-refractivity contribution is 5.81. The number of nitrogens with one attached hydrogen (secondary N) is 1. The Hall–Kier alpha value is -1.92. The summed E-state index contributed by atoms with van der Waals surface area (Å²) in [6.45, 7) is 4.08. The summed E-state index contributed by atoms with van der Waals surface area (Å²) in [5.41, 5.74) is 0. The maximum absolute atomic E-state index is 11.6. The Morgan fingerprint density at radius 1 is 0.760 bits per heavy atom. The van der Waals surface area contributed by atoms with Gasteiger partial charge in [-0.05, 0) is 13.3 Å². The number of unbranched alkanes of at least 4 members (excludes halogenated alkanes) is 4. The topological polar surface area (TPSA) is 98.8 Å². The summed E-state index contributed by atoms with van der Waals surface area (Å²) in [7, 11) is 0. The standard InChI is InChI=1S/C18H31NO6/c1-3-4-5-6-7-12-19-16(21)9-11-18(23)25-14-13-24-17(22)10-8-15(2)20/h3-14H2,1-2H3,(H,19,21). The molecule has 0 aromatic rings. The van der Waals surface area contributed by atoms with Gasteiger partial charge in [-0.25, -0.2) is 0 Å². The van der Waals surface area contributed by atoms with E-state index in [-0.39, 0.29) is 50.6 Å². The molecule has 144 valence electrons. The van der Waals surface area contributed by atoms with Gasteiger partial charge in [0.1, 0.15) is 19.0 Å². The summed E-state index contributed by atoms with van der Waals surface area (Å²) in [5.74, 6) is -1.24. The van der Waals surface area contributed by atoms with E-state index < -0.39 is 11.9 Å². The maximum Gasteiger partial charge on any atom is 0.306 e. The Balaban J connectivity index is 3.52. The number of rotatable bonds is 15. The van der Waals surface area contributed by atoms with Crippen molar-refractivity contribution in [2.24, 2.45) is 0 Å². The minimum atomic E-state index is -0.502. The predicted octanol–water partition coefficient (Wildman–Crippen LogP) is 2.31. The van der Waals surface area contributed by atoms with Gasteiger partial charge < -0.3 is 19.6 Å². The molecule has 0 radical (unpaired) electrons. The number of ketones is 1. The average molecular weight is 357 g/mol. The van der Waals surface area contributed by atoms with Crippen molar-refractivity contribution >= 4 is 23.6 Å². The fourth-order valence-corrected chi connectivity index (χ4v) is 1.99. The summed E-state index contributed by atoms with van der Waals surface area (Å²) in [6, 6.07) is 0. The Bertz CT molecular complexity index is 422. The third kappa shape index (κ3) is 16.7. The predicted molar refractivity (Wildman–Crippen MR) is 92.8 cm³/mol. The van der Waals surface area contributed by atoms with Crippen molar-refractivity contribution in [2.45, 2.75) is 71.6 Å². The summed E-state index contributed by atoms with van der Waals surface area (Å²) in [5, 5.41) is 2.78. The van der Waals surface area contributed by atoms with Crippen LogP contribution in [0.2, 0.25) is 0 Å². The van der Waals surface area contributed by atoms with Gasteiger partial charge in [-0.3, -0.25) is 14.4 Å². The number of ether oxygens (including phenoxy) is 2. The highest BCUT2D eigenvalue weighted by atomic mass is 16.6. The second-order valence-corrected chi connectivity index (χ2v) is 5.91. The van der Waals surface area contributed by atoms with E-state index in [1.807, 2.05) is 0 Å². The second-order valence-electron chi connectivity index (χ2n) is 5.91. The number of hydrogen-bond acceptors (Lipinski definition) is 6. The molecule has 0 atom stereocenters. The smallest absolute Gasteiger partial charge is 0.306 e. The van der Waals surface area contributed by atoms with Crippen LogP contribution in [-0.4, -0.2) is 43.4 Å². The molecule has 0 saturated carbocycles. The summed E-state index contributed by atoms with van der Waals surface area (Å²) < 4.78 is 9.69. The lowest BCUT2D eigenvalue weighted by atomic mass is 10.1. The first-order chi connectivity index (χ1) is 12.0. The molecule has 25 heavy (non-hydrogen) atoms. The maximum atomic E-state index is 11.6. The SMILES string of the molecule is CCCCCCCNC(=O)CCC(=O)OCCOC(=O)CCC(C)=O. The minimum Gasteiger partial charge on any atom is -0.462 e. The van der Waals surface area contributed by atoms with Crippen molar-refractivity contribution in [3.63, 3.8) is 0 Å². The third-order valence-electron chi connectivity index (χ3n) is 3.45. The second kappa shape index (κ2) is 15.6. The number of carbonyl (C=O) groups is 4. The molecule has 0 aromatic carbocycles. The van der Waals surface area contributed by atoms with Crippen LogP contribution in [0, 0.1) is 0 Å². The van der Waals surface area contributed by atoms with Gasteiger partial charge >= 0.3 is 11.9 Å². The Morgan fingerprint density at radius 3 is 1.88 bits per heavy atom. The zero-order chi connectivity index (χ0) is 18.9. The number of carbonyl (C=O) groups excluding carboxylic acids is 4. The molecule has 0 aliphatic heterocycles. The van der Waals surface area contributed by atoms with Crippen LogP contribution in [0.25, 0.3) is 0 Å². The molecule has 0 saturated heterocycles. The number of hydrogen-bond donors (Lipinski definition) is 1. The molecule has 0 spiro atoms. The minimum absolute atomic E-state index is 0.0000486. The van der Waals surface area contributed by atoms with Gasteiger partial charge in [0.2, 0.25) is 5.91 Å². The Morgan fingerprint density at radius 2 is 1.32 bits per heavy atom. The zero-order valence-electron chi connectivity index (χ0n) is 15.4. The van der Waals surface area contributed by atoms with Crippen LogP contribution in [0.3, 0.4) is 0 Å². The van der Waals surface area contributed by atoms with E-state index >= 15 is 0 Å². The Kier molecular flexibility index (Phi) is 14.4. The van der Waals surface area contributed by atoms with E-state index in [1.54, 1.807) is 0 Å². The summed E-state index contributed by atoms with van der Waals surface area (Å²) in [6.07, 6.45) is 5.89. The van der Waals surface area contributed by atoms with Gasteiger partial charge in [0, 0.05) is 19.4 Å². The quantitative estimate of drug-likeness (QED) is 0.357. The molecular weight excluding hydrogens is 326 g/mol. The molecule has 0 aromatic heterocycles. The molecule has 0 heterocycles. The highest BCUT2D eigenvalue weighted by Crippen LogP contribution is 2.01. The molecule has 0 rings (SSSR count). The van der Waals surface area contributed by atoms with Gasteiger partial charge in [-0.1, -0.05) is 32.6 Å². The van der Waals surface area contributed by atoms with Crippen molar-refractivity contribution in [1.82, 2.24) is 5.32 Å². The lowest BCUT2D eigenvalue weighted by Crippen LogP contribution is -2.25. The summed E-state index contributed by atoms with van der Waals surface area (Å²) >= 11 is 0. The van der Waals surface area contributed by atoms with Crippen molar-refractivity contribution in [2.75, 3.05) is 19.8 Å². The van der Waals surface area contributed by atoms with Crippen molar-refractivity contribution in [3.8, 4) is 0 Å². The number of esters is 2. The van der Waals surface area contributed by atoms with E-state index in [9.17, 15) is 19.2 Å². The zero-order valence-corrected chi connectivity index (χ0v) is 15.4. The fraction of sp³-hybridized carbons (Fsp3) is 0.778. The molecule has 0 aliphatic carbocycles. The first-order valence-corrected chi connectivity index (χ1v) is 9.03. The van der Waals surface area contributed by atoms with Gasteiger partial charge in [0.25, 0.3) is 0 Å². The van der Waals surface area contributed by atoms with Gasteiger partial charge in [-0.2, -0.15) is 0 Å². The van der Waals surface area contributed by atoms with Gasteiger partial charge in [0.15, 0.2) is 0 Å². The first-order valence-electron chi connectivity index (χ1n) is 9.03. The summed E-state index contributed by atoms with van der Waals surface area (Å²) in [4.78, 5) is 45.0. The van der Waals surface area contributed by atoms with Crippen LogP contribution in [-0.2, 0) is 28.7 Å². The molecule has 1 amide bonds. The van der Waals surface area contributed by atoms with E-state index in [2.05, 4.69) is 12.2 Å². The van der Waals surface area contributed by atoms with Gasteiger partial charge in [0.05, 0.1) is 12.8 Å². The van der Waals surface area contributed by atoms with Crippen LogP contribution in [0.1, 0.15) is 71.6 Å². The molecule has 7 heteroatoms. The van der Waals surface area contributed by atoms with Crippen LogP contribution in [0.15, 0.2) is 0 Å². The molecule has 0 aliphatic rings. The Labute approximate surface area is 149 Å². The lowest BCUT2D eigenvalue weighted by molar-refractivity contribution is -0.152. The monoisotopic (exact) mass is 357 g/mol. The van der Waals surface area contributed by atoms with Crippen LogP contribution < -0.4 is 5.32 Å². The van der Waals surface area contributed by atoms with Crippen LogP contribution in [0.4, 0.5) is 0 Å². The number of Topliss-reactive ketones (excluding diaryl/α,β-unsaturated/α-hetero) is 1. The van der Waals surface area contributed by atoms with E-state index in [4.69, 9.17) is 9.47 Å². The molecule has 0 bridgehead atoms. The van der Waals surface area contributed by atoms with E-state index in [0.717, 1.165) is 12.8 Å². The molecule has 7 nitrogen and oxygen atoms in total. The molecule has 0 unspecified atom stereocenters. The highest BCUT2D eigenvalue weighted by Gasteiger charge is 2.09. The largest absolute Gasteiger partial charge is 0.462 e. The first kappa shape index (κ1) is 23.1. The third-order valence-corrected chi connectivity index (χ3v) is 3.45. The average Bonchev–Trinajstić information content (AvgIpc) is 2.58. The van der Waals surface area contributed by atoms with Crippen molar-refractivity contribution < 1.29 is 28.7 Å².